The number of piperidine rings is 1. The highest BCUT2D eigenvalue weighted by atomic mass is 19.1. The largest absolute Gasteiger partial charge is 0.444 e. The van der Waals surface area contributed by atoms with E-state index < -0.39 is 5.60 Å². The number of rotatable bonds is 4. The van der Waals surface area contributed by atoms with E-state index in [1.165, 1.54) is 12.1 Å². The van der Waals surface area contributed by atoms with Crippen molar-refractivity contribution in [3.63, 3.8) is 0 Å². The molecular formula is C21H32FN3O3. The molecular weight excluding hydrogens is 361 g/mol. The zero-order chi connectivity index (χ0) is 20.9. The molecule has 6 nitrogen and oxygen atoms in total. The van der Waals surface area contributed by atoms with E-state index in [0.717, 1.165) is 5.56 Å². The molecule has 1 aromatic rings. The van der Waals surface area contributed by atoms with Gasteiger partial charge < -0.3 is 20.3 Å². The van der Waals surface area contributed by atoms with Gasteiger partial charge in [0.2, 0.25) is 0 Å². The minimum atomic E-state index is -0.516. The Hall–Kier alpha value is -2.31. The molecule has 1 saturated heterocycles. The molecule has 0 bridgehead atoms. The van der Waals surface area contributed by atoms with Crippen molar-refractivity contribution in [3.8, 4) is 0 Å². The van der Waals surface area contributed by atoms with E-state index >= 15 is 0 Å². The first kappa shape index (κ1) is 22.0. The summed E-state index contributed by atoms with van der Waals surface area (Å²) in [6, 6.07) is 5.73. The lowest BCUT2D eigenvalue weighted by atomic mass is 9.96. The van der Waals surface area contributed by atoms with Crippen molar-refractivity contribution in [1.29, 1.82) is 0 Å². The van der Waals surface area contributed by atoms with E-state index in [4.69, 9.17) is 4.74 Å². The van der Waals surface area contributed by atoms with Gasteiger partial charge in [0.05, 0.1) is 6.04 Å². The number of amides is 3. The summed E-state index contributed by atoms with van der Waals surface area (Å²) in [5.41, 5.74) is 0.351. The molecule has 28 heavy (non-hydrogen) atoms. The van der Waals surface area contributed by atoms with Gasteiger partial charge in [0.1, 0.15) is 11.4 Å². The number of halogens is 1. The molecule has 0 spiro atoms. The third-order valence-electron chi connectivity index (χ3n) is 4.66. The second-order valence-electron chi connectivity index (χ2n) is 8.63. The lowest BCUT2D eigenvalue weighted by molar-refractivity contribution is 0.0201. The average molecular weight is 394 g/mol. The number of nitrogens with zero attached hydrogens (tertiary/aromatic N) is 1. The Labute approximate surface area is 166 Å². The van der Waals surface area contributed by atoms with Crippen LogP contribution >= 0.6 is 0 Å². The summed E-state index contributed by atoms with van der Waals surface area (Å²) in [5.74, 6) is -0.141. The van der Waals surface area contributed by atoms with Crippen molar-refractivity contribution in [2.45, 2.75) is 65.1 Å². The minimum absolute atomic E-state index is 0.000262. The van der Waals surface area contributed by atoms with Gasteiger partial charge in [-0.1, -0.05) is 26.0 Å². The maximum Gasteiger partial charge on any atom is 0.410 e. The fourth-order valence-electron chi connectivity index (χ4n) is 3.21. The summed E-state index contributed by atoms with van der Waals surface area (Å²) in [4.78, 5) is 26.3. The summed E-state index contributed by atoms with van der Waals surface area (Å²) >= 11 is 0. The van der Waals surface area contributed by atoms with Crippen LogP contribution in [0.2, 0.25) is 0 Å². The average Bonchev–Trinajstić information content (AvgIpc) is 2.59. The molecule has 2 N–H and O–H groups in total. The maximum atomic E-state index is 13.2. The van der Waals surface area contributed by atoms with E-state index in [9.17, 15) is 14.0 Å². The van der Waals surface area contributed by atoms with E-state index in [2.05, 4.69) is 10.6 Å². The molecule has 0 radical (unpaired) electrons. The second kappa shape index (κ2) is 9.26. The van der Waals surface area contributed by atoms with Crippen LogP contribution in [0.5, 0.6) is 0 Å². The Kier molecular flexibility index (Phi) is 7.27. The minimum Gasteiger partial charge on any atom is -0.444 e. The molecule has 1 fully saturated rings. The van der Waals surface area contributed by atoms with Crippen LogP contribution in [0.3, 0.4) is 0 Å². The van der Waals surface area contributed by atoms with Crippen molar-refractivity contribution in [1.82, 2.24) is 15.5 Å². The molecule has 1 aliphatic rings. The number of ether oxygens (including phenoxy) is 1. The standard InChI is InChI=1S/C21H32FN3O3/c1-14(2)18(15-6-8-16(22)9-7-15)24-19(26)23-17-10-12-25(13-11-17)20(27)28-21(3,4)5/h6-9,14,17-18H,10-13H2,1-5H3,(H2,23,24,26)/t18-/m1/s1. The number of benzene rings is 1. The van der Waals surface area contributed by atoms with Crippen LogP contribution in [0, 0.1) is 11.7 Å². The van der Waals surface area contributed by atoms with Gasteiger partial charge in [-0.2, -0.15) is 0 Å². The summed E-state index contributed by atoms with van der Waals surface area (Å²) in [7, 11) is 0. The quantitative estimate of drug-likeness (QED) is 0.805. The van der Waals surface area contributed by atoms with Crippen molar-refractivity contribution < 1.29 is 18.7 Å². The molecule has 0 aliphatic carbocycles. The van der Waals surface area contributed by atoms with Gasteiger partial charge in [-0.05, 0) is 57.2 Å². The molecule has 1 atom stereocenters. The summed E-state index contributed by atoms with van der Waals surface area (Å²) in [5, 5.41) is 5.98. The van der Waals surface area contributed by atoms with Crippen LogP contribution in [-0.2, 0) is 4.74 Å². The predicted molar refractivity (Wildman–Crippen MR) is 106 cm³/mol. The van der Waals surface area contributed by atoms with Gasteiger partial charge in [-0.15, -0.1) is 0 Å². The topological polar surface area (TPSA) is 70.7 Å². The van der Waals surface area contributed by atoms with Gasteiger partial charge in [0.25, 0.3) is 0 Å². The molecule has 1 aliphatic heterocycles. The molecule has 156 valence electrons. The Morgan fingerprint density at radius 3 is 2.21 bits per heavy atom. The summed E-state index contributed by atoms with van der Waals surface area (Å²) in [6.45, 7) is 10.6. The van der Waals surface area contributed by atoms with Crippen molar-refractivity contribution in [3.05, 3.63) is 35.6 Å². The smallest absolute Gasteiger partial charge is 0.410 e. The lowest BCUT2D eigenvalue weighted by Gasteiger charge is -2.34. The maximum absolute atomic E-state index is 13.2. The number of likely N-dealkylation sites (tertiary alicyclic amines) is 1. The van der Waals surface area contributed by atoms with Gasteiger partial charge in [-0.3, -0.25) is 0 Å². The highest BCUT2D eigenvalue weighted by Gasteiger charge is 2.28. The molecule has 2 rings (SSSR count). The third-order valence-corrected chi connectivity index (χ3v) is 4.66. The zero-order valence-electron chi connectivity index (χ0n) is 17.4. The summed E-state index contributed by atoms with van der Waals surface area (Å²) < 4.78 is 18.6. The fourth-order valence-corrected chi connectivity index (χ4v) is 3.21. The van der Waals surface area contributed by atoms with E-state index in [0.29, 0.717) is 25.9 Å². The van der Waals surface area contributed by atoms with Crippen LogP contribution in [0.15, 0.2) is 24.3 Å². The van der Waals surface area contributed by atoms with E-state index in [1.807, 2.05) is 34.6 Å². The van der Waals surface area contributed by atoms with Crippen LogP contribution in [-0.4, -0.2) is 41.8 Å². The van der Waals surface area contributed by atoms with Crippen molar-refractivity contribution in [2.24, 2.45) is 5.92 Å². The number of urea groups is 1. The van der Waals surface area contributed by atoms with Crippen molar-refractivity contribution >= 4 is 12.1 Å². The molecule has 0 aromatic heterocycles. The molecule has 0 saturated carbocycles. The van der Waals surface area contributed by atoms with Crippen LogP contribution < -0.4 is 10.6 Å². The number of nitrogens with one attached hydrogen (secondary N) is 2. The molecule has 3 amide bonds. The highest BCUT2D eigenvalue weighted by molar-refractivity contribution is 5.75. The highest BCUT2D eigenvalue weighted by Crippen LogP contribution is 2.22. The Bertz CT molecular complexity index is 662. The van der Waals surface area contributed by atoms with Gasteiger partial charge in [0.15, 0.2) is 0 Å². The van der Waals surface area contributed by atoms with E-state index in [1.54, 1.807) is 17.0 Å². The van der Waals surface area contributed by atoms with Gasteiger partial charge in [0, 0.05) is 19.1 Å². The van der Waals surface area contributed by atoms with Gasteiger partial charge in [-0.25, -0.2) is 14.0 Å². The first-order valence-electron chi connectivity index (χ1n) is 9.85. The van der Waals surface area contributed by atoms with E-state index in [-0.39, 0.29) is 35.9 Å². The Morgan fingerprint density at radius 2 is 1.71 bits per heavy atom. The number of carbonyl (C=O) groups is 2. The Morgan fingerprint density at radius 1 is 1.14 bits per heavy atom. The van der Waals surface area contributed by atoms with Gasteiger partial charge >= 0.3 is 12.1 Å². The Balaban J connectivity index is 1.84. The normalized spacial score (nSPS) is 16.6. The first-order valence-corrected chi connectivity index (χ1v) is 9.85. The molecule has 1 heterocycles. The molecule has 7 heteroatoms. The fraction of sp³-hybridized carbons (Fsp3) is 0.619. The number of carbonyl (C=O) groups excluding carboxylic acids is 2. The molecule has 0 unspecified atom stereocenters. The number of hydrogen-bond acceptors (Lipinski definition) is 3. The third kappa shape index (κ3) is 6.69. The lowest BCUT2D eigenvalue weighted by Crippen LogP contribution is -2.50. The van der Waals surface area contributed by atoms with Crippen LogP contribution in [0.1, 0.15) is 59.1 Å². The second-order valence-corrected chi connectivity index (χ2v) is 8.63. The van der Waals surface area contributed by atoms with Crippen LogP contribution in [0.25, 0.3) is 0 Å². The monoisotopic (exact) mass is 393 g/mol. The number of hydrogen-bond donors (Lipinski definition) is 2. The zero-order valence-corrected chi connectivity index (χ0v) is 17.4. The summed E-state index contributed by atoms with van der Waals surface area (Å²) in [6.07, 6.45) is 1.04. The predicted octanol–water partition coefficient (Wildman–Crippen LogP) is 4.22. The van der Waals surface area contributed by atoms with Crippen molar-refractivity contribution in [2.75, 3.05) is 13.1 Å². The SMILES string of the molecule is CC(C)[C@@H](NC(=O)NC1CCN(C(=O)OC(C)(C)C)CC1)c1ccc(F)cc1. The first-order chi connectivity index (χ1) is 13.0. The van der Waals surface area contributed by atoms with Crippen LogP contribution in [0.4, 0.5) is 14.0 Å². The molecule has 1 aromatic carbocycles.